The predicted octanol–water partition coefficient (Wildman–Crippen LogP) is 4.40. The molecule has 1 aromatic heterocycles. The lowest BCUT2D eigenvalue weighted by molar-refractivity contribution is 0.0596. The lowest BCUT2D eigenvalue weighted by atomic mass is 9.99. The predicted molar refractivity (Wildman–Crippen MR) is 98.7 cm³/mol. The standard InChI is InChI=1S/C19H15ClO5S/c1-24-19(22)17-13(11-26(23)15-4-2-3-14(20)9-15)5-6-16(18(17)21)12-7-8-25-10-12/h2-10,21H,11H2,1H3. The second kappa shape index (κ2) is 7.76. The van der Waals surface area contributed by atoms with Gasteiger partial charge in [0.1, 0.15) is 11.3 Å². The van der Waals surface area contributed by atoms with Crippen molar-refractivity contribution < 1.29 is 23.3 Å². The number of hydrogen-bond acceptors (Lipinski definition) is 5. The summed E-state index contributed by atoms with van der Waals surface area (Å²) in [6.07, 6.45) is 2.93. The number of esters is 1. The topological polar surface area (TPSA) is 76.7 Å². The number of methoxy groups -OCH3 is 1. The fourth-order valence-corrected chi connectivity index (χ4v) is 4.00. The van der Waals surface area contributed by atoms with E-state index in [9.17, 15) is 14.1 Å². The van der Waals surface area contributed by atoms with E-state index in [0.29, 0.717) is 26.6 Å². The Kier molecular flexibility index (Phi) is 5.44. The molecule has 0 radical (unpaired) electrons. The molecule has 2 aromatic carbocycles. The third-order valence-corrected chi connectivity index (χ3v) is 5.42. The summed E-state index contributed by atoms with van der Waals surface area (Å²) in [7, 11) is -0.221. The Morgan fingerprint density at radius 3 is 2.73 bits per heavy atom. The number of rotatable bonds is 5. The third-order valence-electron chi connectivity index (χ3n) is 3.83. The van der Waals surface area contributed by atoms with Crippen molar-refractivity contribution in [3.05, 3.63) is 71.1 Å². The van der Waals surface area contributed by atoms with Crippen LogP contribution in [0.3, 0.4) is 0 Å². The summed E-state index contributed by atoms with van der Waals surface area (Å²) in [5.74, 6) is -0.908. The zero-order valence-electron chi connectivity index (χ0n) is 13.8. The number of phenols is 1. The van der Waals surface area contributed by atoms with Gasteiger partial charge in [0, 0.05) is 21.0 Å². The first-order chi connectivity index (χ1) is 12.5. The lowest BCUT2D eigenvalue weighted by Gasteiger charge is -2.13. The molecule has 3 aromatic rings. The van der Waals surface area contributed by atoms with Crippen molar-refractivity contribution in [3.63, 3.8) is 0 Å². The Hall–Kier alpha value is -2.57. The quantitative estimate of drug-likeness (QED) is 0.653. The molecule has 0 aliphatic heterocycles. The van der Waals surface area contributed by atoms with Crippen LogP contribution >= 0.6 is 11.6 Å². The van der Waals surface area contributed by atoms with Crippen LogP contribution in [-0.4, -0.2) is 22.4 Å². The maximum Gasteiger partial charge on any atom is 0.341 e. The van der Waals surface area contributed by atoms with E-state index in [4.69, 9.17) is 20.8 Å². The van der Waals surface area contributed by atoms with Crippen LogP contribution in [0.4, 0.5) is 0 Å². The Morgan fingerprint density at radius 2 is 2.08 bits per heavy atom. The number of benzene rings is 2. The van der Waals surface area contributed by atoms with Crippen LogP contribution in [0.2, 0.25) is 5.02 Å². The molecule has 1 N–H and O–H groups in total. The van der Waals surface area contributed by atoms with E-state index < -0.39 is 16.8 Å². The number of carbonyl (C=O) groups excluding carboxylic acids is 1. The van der Waals surface area contributed by atoms with Gasteiger partial charge in [-0.15, -0.1) is 0 Å². The van der Waals surface area contributed by atoms with Crippen LogP contribution in [-0.2, 0) is 21.3 Å². The smallest absolute Gasteiger partial charge is 0.341 e. The van der Waals surface area contributed by atoms with Gasteiger partial charge in [-0.05, 0) is 29.8 Å². The lowest BCUT2D eigenvalue weighted by Crippen LogP contribution is -2.09. The van der Waals surface area contributed by atoms with Gasteiger partial charge in [-0.2, -0.15) is 0 Å². The second-order valence-corrected chi connectivity index (χ2v) is 7.33. The van der Waals surface area contributed by atoms with Gasteiger partial charge in [0.25, 0.3) is 0 Å². The van der Waals surface area contributed by atoms with E-state index in [2.05, 4.69) is 0 Å². The Balaban J connectivity index is 2.02. The molecule has 5 nitrogen and oxygen atoms in total. The second-order valence-electron chi connectivity index (χ2n) is 5.45. The molecule has 7 heteroatoms. The molecule has 0 bridgehead atoms. The molecule has 0 amide bonds. The highest BCUT2D eigenvalue weighted by Crippen LogP contribution is 2.35. The monoisotopic (exact) mass is 390 g/mol. The van der Waals surface area contributed by atoms with Crippen molar-refractivity contribution >= 4 is 28.4 Å². The fraction of sp³-hybridized carbons (Fsp3) is 0.105. The molecule has 134 valence electrons. The molecule has 0 spiro atoms. The Labute approximate surface area is 157 Å². The molecule has 0 aliphatic carbocycles. The van der Waals surface area contributed by atoms with Crippen LogP contribution in [0.25, 0.3) is 11.1 Å². The molecule has 1 atom stereocenters. The first kappa shape index (κ1) is 18.2. The number of phenolic OH excluding ortho intramolecular Hbond substituents is 1. The van der Waals surface area contributed by atoms with Gasteiger partial charge >= 0.3 is 5.97 Å². The van der Waals surface area contributed by atoms with Gasteiger partial charge in [-0.1, -0.05) is 29.8 Å². The van der Waals surface area contributed by atoms with Crippen molar-refractivity contribution in [1.82, 2.24) is 0 Å². The van der Waals surface area contributed by atoms with Crippen molar-refractivity contribution in [2.24, 2.45) is 0 Å². The van der Waals surface area contributed by atoms with E-state index in [1.165, 1.54) is 19.6 Å². The van der Waals surface area contributed by atoms with Crippen molar-refractivity contribution in [2.75, 3.05) is 7.11 Å². The summed E-state index contributed by atoms with van der Waals surface area (Å²) in [4.78, 5) is 12.8. The van der Waals surface area contributed by atoms with Crippen molar-refractivity contribution in [2.45, 2.75) is 10.6 Å². The molecule has 0 saturated carbocycles. The normalized spacial score (nSPS) is 11.9. The van der Waals surface area contributed by atoms with Gasteiger partial charge in [0.15, 0.2) is 0 Å². The first-order valence-electron chi connectivity index (χ1n) is 7.61. The highest BCUT2D eigenvalue weighted by molar-refractivity contribution is 7.84. The minimum absolute atomic E-state index is 0.0124. The molecule has 1 unspecified atom stereocenters. The molecular weight excluding hydrogens is 376 g/mol. The summed E-state index contributed by atoms with van der Waals surface area (Å²) in [6.45, 7) is 0. The molecule has 0 fully saturated rings. The number of halogens is 1. The van der Waals surface area contributed by atoms with E-state index >= 15 is 0 Å². The minimum Gasteiger partial charge on any atom is -0.506 e. The van der Waals surface area contributed by atoms with Crippen molar-refractivity contribution in [1.29, 1.82) is 0 Å². The molecule has 0 aliphatic rings. The SMILES string of the molecule is COC(=O)c1c(CS(=O)c2cccc(Cl)c2)ccc(-c2ccoc2)c1O. The zero-order valence-corrected chi connectivity index (χ0v) is 15.3. The summed E-state index contributed by atoms with van der Waals surface area (Å²) in [5, 5.41) is 11.1. The van der Waals surface area contributed by atoms with Gasteiger partial charge in [-0.3, -0.25) is 4.21 Å². The molecule has 3 rings (SSSR count). The van der Waals surface area contributed by atoms with Gasteiger partial charge < -0.3 is 14.3 Å². The highest BCUT2D eigenvalue weighted by Gasteiger charge is 2.22. The largest absolute Gasteiger partial charge is 0.506 e. The Morgan fingerprint density at radius 1 is 1.27 bits per heavy atom. The highest BCUT2D eigenvalue weighted by atomic mass is 35.5. The molecule has 0 saturated heterocycles. The molecular formula is C19H15ClO5S. The third kappa shape index (κ3) is 3.66. The summed E-state index contributed by atoms with van der Waals surface area (Å²) in [5.41, 5.74) is 1.45. The van der Waals surface area contributed by atoms with Gasteiger partial charge in [0.05, 0.1) is 36.2 Å². The maximum atomic E-state index is 12.7. The average Bonchev–Trinajstić information content (AvgIpc) is 3.15. The number of ether oxygens (including phenoxy) is 1. The molecule has 1 heterocycles. The van der Waals surface area contributed by atoms with Crippen LogP contribution in [0, 0.1) is 0 Å². The summed E-state index contributed by atoms with van der Waals surface area (Å²) >= 11 is 5.94. The zero-order chi connectivity index (χ0) is 18.7. The van der Waals surface area contributed by atoms with Crippen molar-refractivity contribution in [3.8, 4) is 16.9 Å². The van der Waals surface area contributed by atoms with Gasteiger partial charge in [0.2, 0.25) is 0 Å². The number of aromatic hydroxyl groups is 1. The minimum atomic E-state index is -1.45. The van der Waals surface area contributed by atoms with Crippen LogP contribution in [0.15, 0.2) is 64.3 Å². The van der Waals surface area contributed by atoms with Crippen LogP contribution in [0.5, 0.6) is 5.75 Å². The number of hydrogen-bond donors (Lipinski definition) is 1. The summed E-state index contributed by atoms with van der Waals surface area (Å²) < 4.78 is 22.5. The fourth-order valence-electron chi connectivity index (χ4n) is 2.57. The van der Waals surface area contributed by atoms with E-state index in [1.807, 2.05) is 0 Å². The average molecular weight is 391 g/mol. The summed E-state index contributed by atoms with van der Waals surface area (Å²) in [6, 6.07) is 11.7. The number of furan rings is 1. The van der Waals surface area contributed by atoms with Crippen LogP contribution < -0.4 is 0 Å². The van der Waals surface area contributed by atoms with Crippen LogP contribution in [0.1, 0.15) is 15.9 Å². The van der Waals surface area contributed by atoms with Gasteiger partial charge in [-0.25, -0.2) is 4.79 Å². The van der Waals surface area contributed by atoms with E-state index in [0.717, 1.165) is 0 Å². The maximum absolute atomic E-state index is 12.7. The van der Waals surface area contributed by atoms with E-state index in [-0.39, 0.29) is 17.1 Å². The first-order valence-corrected chi connectivity index (χ1v) is 9.30. The number of carbonyl (C=O) groups is 1. The Bertz CT molecular complexity index is 966. The van der Waals surface area contributed by atoms with E-state index in [1.54, 1.807) is 42.5 Å². The molecule has 26 heavy (non-hydrogen) atoms.